The second-order valence-corrected chi connectivity index (χ2v) is 6.87. The second-order valence-electron chi connectivity index (χ2n) is 6.87. The van der Waals surface area contributed by atoms with Crippen molar-refractivity contribution in [1.29, 1.82) is 0 Å². The van der Waals surface area contributed by atoms with E-state index in [1.807, 2.05) is 42.1 Å². The smallest absolute Gasteiger partial charge is 0.343 e. The van der Waals surface area contributed by atoms with E-state index in [2.05, 4.69) is 5.16 Å². The summed E-state index contributed by atoms with van der Waals surface area (Å²) in [5.41, 5.74) is -0.192. The van der Waals surface area contributed by atoms with Crippen molar-refractivity contribution in [2.75, 3.05) is 38.6 Å². The van der Waals surface area contributed by atoms with Crippen LogP contribution in [-0.2, 0) is 0 Å². The molecule has 0 amide bonds. The van der Waals surface area contributed by atoms with E-state index in [1.54, 1.807) is 12.1 Å². The van der Waals surface area contributed by atoms with Crippen molar-refractivity contribution in [2.24, 2.45) is 0 Å². The van der Waals surface area contributed by atoms with Gasteiger partial charge < -0.3 is 24.5 Å². The van der Waals surface area contributed by atoms with Crippen molar-refractivity contribution < 1.29 is 19.5 Å². The van der Waals surface area contributed by atoms with Gasteiger partial charge in [-0.3, -0.25) is 0 Å². The Morgan fingerprint density at radius 2 is 2.08 bits per heavy atom. The standard InChI is InChI=1S/C18H23N3O4/c1-20(2)11-18(24)9-6-10-21(12-18)16-14(17(22)23)15(25-19-16)13-7-4-3-5-8-13/h3-5,7-8,24H,6,9-12H2,1-2H3,(H,22,23). The lowest BCUT2D eigenvalue weighted by Gasteiger charge is -2.40. The molecule has 0 saturated carbocycles. The number of benzene rings is 1. The van der Waals surface area contributed by atoms with Crippen LogP contribution in [-0.4, -0.2) is 65.6 Å². The molecule has 1 unspecified atom stereocenters. The Bertz CT molecular complexity index is 744. The third kappa shape index (κ3) is 3.67. The van der Waals surface area contributed by atoms with Gasteiger partial charge >= 0.3 is 5.97 Å². The number of aliphatic hydroxyl groups is 1. The van der Waals surface area contributed by atoms with Gasteiger partial charge in [0.2, 0.25) is 0 Å². The van der Waals surface area contributed by atoms with E-state index in [0.29, 0.717) is 31.6 Å². The quantitative estimate of drug-likeness (QED) is 0.856. The zero-order chi connectivity index (χ0) is 18.0. The third-order valence-corrected chi connectivity index (χ3v) is 4.39. The highest BCUT2D eigenvalue weighted by Crippen LogP contribution is 2.34. The molecule has 1 aliphatic rings. The van der Waals surface area contributed by atoms with Crippen LogP contribution in [0.25, 0.3) is 11.3 Å². The molecule has 25 heavy (non-hydrogen) atoms. The van der Waals surface area contributed by atoms with Gasteiger partial charge in [-0.05, 0) is 26.9 Å². The lowest BCUT2D eigenvalue weighted by atomic mass is 9.92. The van der Waals surface area contributed by atoms with Crippen LogP contribution < -0.4 is 4.90 Å². The molecule has 1 aromatic heterocycles. The first-order valence-electron chi connectivity index (χ1n) is 8.30. The van der Waals surface area contributed by atoms with Crippen molar-refractivity contribution in [3.8, 4) is 11.3 Å². The van der Waals surface area contributed by atoms with Gasteiger partial charge in [0.05, 0.1) is 5.60 Å². The van der Waals surface area contributed by atoms with E-state index in [-0.39, 0.29) is 17.1 Å². The molecule has 134 valence electrons. The molecule has 0 spiro atoms. The third-order valence-electron chi connectivity index (χ3n) is 4.39. The van der Waals surface area contributed by atoms with Crippen LogP contribution in [0.5, 0.6) is 0 Å². The van der Waals surface area contributed by atoms with Crippen molar-refractivity contribution in [1.82, 2.24) is 10.1 Å². The first kappa shape index (κ1) is 17.4. The average Bonchev–Trinajstić information content (AvgIpc) is 2.99. The molecular weight excluding hydrogens is 322 g/mol. The minimum atomic E-state index is -1.09. The molecule has 2 aromatic rings. The molecule has 7 nitrogen and oxygen atoms in total. The van der Waals surface area contributed by atoms with Gasteiger partial charge in [-0.1, -0.05) is 35.5 Å². The summed E-state index contributed by atoms with van der Waals surface area (Å²) in [6, 6.07) is 9.07. The second kappa shape index (κ2) is 6.85. The van der Waals surface area contributed by atoms with Crippen LogP contribution in [0.3, 0.4) is 0 Å². The highest BCUT2D eigenvalue weighted by molar-refractivity contribution is 5.99. The fraction of sp³-hybridized carbons (Fsp3) is 0.444. The first-order chi connectivity index (χ1) is 11.9. The molecular formula is C18H23N3O4. The summed E-state index contributed by atoms with van der Waals surface area (Å²) in [7, 11) is 3.81. The summed E-state index contributed by atoms with van der Waals surface area (Å²) in [6.07, 6.45) is 1.43. The van der Waals surface area contributed by atoms with E-state index in [0.717, 1.165) is 6.42 Å². The monoisotopic (exact) mass is 345 g/mol. The predicted molar refractivity (Wildman–Crippen MR) is 93.8 cm³/mol. The first-order valence-corrected chi connectivity index (χ1v) is 8.30. The van der Waals surface area contributed by atoms with E-state index >= 15 is 0 Å². The highest BCUT2D eigenvalue weighted by Gasteiger charge is 2.37. The molecule has 7 heteroatoms. The maximum Gasteiger partial charge on any atom is 0.343 e. The number of carbonyl (C=O) groups is 1. The maximum atomic E-state index is 11.9. The lowest BCUT2D eigenvalue weighted by Crippen LogP contribution is -2.53. The number of anilines is 1. The number of piperidine rings is 1. The maximum absolute atomic E-state index is 11.9. The van der Waals surface area contributed by atoms with Gasteiger partial charge in [0, 0.05) is 25.2 Å². The molecule has 0 bridgehead atoms. The largest absolute Gasteiger partial charge is 0.477 e. The Morgan fingerprint density at radius 1 is 1.36 bits per heavy atom. The van der Waals surface area contributed by atoms with Gasteiger partial charge in [-0.2, -0.15) is 0 Å². The fourth-order valence-corrected chi connectivity index (χ4v) is 3.49. The lowest BCUT2D eigenvalue weighted by molar-refractivity contribution is 0.00333. The molecule has 0 aliphatic carbocycles. The van der Waals surface area contributed by atoms with Crippen LogP contribution in [0.1, 0.15) is 23.2 Å². The van der Waals surface area contributed by atoms with Gasteiger partial charge in [0.1, 0.15) is 0 Å². The Hall–Kier alpha value is -2.38. The minimum absolute atomic E-state index is 0.0419. The van der Waals surface area contributed by atoms with Crippen LogP contribution in [0.15, 0.2) is 34.9 Å². The zero-order valence-electron chi connectivity index (χ0n) is 14.5. The summed E-state index contributed by atoms with van der Waals surface area (Å²) >= 11 is 0. The Kier molecular flexibility index (Phi) is 4.78. The highest BCUT2D eigenvalue weighted by atomic mass is 16.5. The number of hydrogen-bond donors (Lipinski definition) is 2. The average molecular weight is 345 g/mol. The summed E-state index contributed by atoms with van der Waals surface area (Å²) in [5, 5.41) is 24.6. The van der Waals surface area contributed by atoms with E-state index in [4.69, 9.17) is 4.52 Å². The number of nitrogens with zero attached hydrogens (tertiary/aromatic N) is 3. The summed E-state index contributed by atoms with van der Waals surface area (Å²) in [5.74, 6) is -0.565. The van der Waals surface area contributed by atoms with Gasteiger partial charge in [-0.25, -0.2) is 4.79 Å². The number of aromatic carboxylic acids is 1. The normalized spacial score (nSPS) is 20.9. The van der Waals surface area contributed by atoms with E-state index < -0.39 is 11.6 Å². The van der Waals surface area contributed by atoms with Gasteiger partial charge in [0.25, 0.3) is 0 Å². The molecule has 1 fully saturated rings. The minimum Gasteiger partial charge on any atom is -0.477 e. The molecule has 2 heterocycles. The summed E-state index contributed by atoms with van der Waals surface area (Å²) < 4.78 is 5.38. The SMILES string of the molecule is CN(C)CC1(O)CCCN(c2noc(-c3ccccc3)c2C(=O)O)C1. The Balaban J connectivity index is 1.95. The zero-order valence-corrected chi connectivity index (χ0v) is 14.5. The molecule has 0 radical (unpaired) electrons. The molecule has 1 saturated heterocycles. The fourth-order valence-electron chi connectivity index (χ4n) is 3.49. The number of rotatable bonds is 5. The Labute approximate surface area is 146 Å². The molecule has 3 rings (SSSR count). The topological polar surface area (TPSA) is 90.0 Å². The molecule has 1 aromatic carbocycles. The van der Waals surface area contributed by atoms with E-state index in [9.17, 15) is 15.0 Å². The predicted octanol–water partition coefficient (Wildman–Crippen LogP) is 1.93. The number of β-amino-alcohol motifs (C(OH)–C–C–N with tert-alkyl or cyclic N) is 1. The van der Waals surface area contributed by atoms with Crippen LogP contribution in [0, 0.1) is 0 Å². The van der Waals surface area contributed by atoms with Crippen molar-refractivity contribution >= 4 is 11.8 Å². The number of aromatic nitrogens is 1. The molecule has 1 atom stereocenters. The van der Waals surface area contributed by atoms with Crippen LogP contribution >= 0.6 is 0 Å². The van der Waals surface area contributed by atoms with Crippen molar-refractivity contribution in [3.05, 3.63) is 35.9 Å². The van der Waals surface area contributed by atoms with Crippen molar-refractivity contribution in [3.63, 3.8) is 0 Å². The Morgan fingerprint density at radius 3 is 2.72 bits per heavy atom. The number of hydrogen-bond acceptors (Lipinski definition) is 6. The van der Waals surface area contributed by atoms with Gasteiger partial charge in [-0.15, -0.1) is 0 Å². The van der Waals surface area contributed by atoms with E-state index in [1.165, 1.54) is 0 Å². The molecule has 1 aliphatic heterocycles. The molecule has 2 N–H and O–H groups in total. The van der Waals surface area contributed by atoms with Crippen molar-refractivity contribution in [2.45, 2.75) is 18.4 Å². The van der Waals surface area contributed by atoms with Crippen LogP contribution in [0.4, 0.5) is 5.82 Å². The summed E-state index contributed by atoms with van der Waals surface area (Å²) in [6.45, 7) is 1.47. The van der Waals surface area contributed by atoms with Crippen LogP contribution in [0.2, 0.25) is 0 Å². The van der Waals surface area contributed by atoms with Gasteiger partial charge in [0.15, 0.2) is 17.1 Å². The summed E-state index contributed by atoms with van der Waals surface area (Å²) in [4.78, 5) is 15.6. The number of carboxylic acids is 1. The number of likely N-dealkylation sites (N-methyl/N-ethyl adjacent to an activating group) is 1. The number of carboxylic acid groups (broad SMARTS) is 1.